The van der Waals surface area contributed by atoms with Crippen molar-refractivity contribution in [3.8, 4) is 0 Å². The number of aliphatic carboxylic acids is 1. The van der Waals surface area contributed by atoms with E-state index in [0.29, 0.717) is 19.0 Å². The summed E-state index contributed by atoms with van der Waals surface area (Å²) < 4.78 is 0. The summed E-state index contributed by atoms with van der Waals surface area (Å²) in [6.45, 7) is 7.20. The van der Waals surface area contributed by atoms with E-state index in [4.69, 9.17) is 5.11 Å². The van der Waals surface area contributed by atoms with Crippen LogP contribution < -0.4 is 10.6 Å². The van der Waals surface area contributed by atoms with Crippen molar-refractivity contribution in [1.29, 1.82) is 0 Å². The van der Waals surface area contributed by atoms with E-state index in [2.05, 4.69) is 24.5 Å². The van der Waals surface area contributed by atoms with Crippen molar-refractivity contribution in [3.63, 3.8) is 0 Å². The first-order chi connectivity index (χ1) is 7.91. The molecule has 0 aromatic carbocycles. The van der Waals surface area contributed by atoms with Crippen LogP contribution in [0.25, 0.3) is 0 Å². The fourth-order valence-corrected chi connectivity index (χ4v) is 1.39. The van der Waals surface area contributed by atoms with Crippen molar-refractivity contribution in [2.75, 3.05) is 13.1 Å². The molecule has 0 heterocycles. The minimum absolute atomic E-state index is 0.00667. The Balaban J connectivity index is 3.49. The average Bonchev–Trinajstić information content (AvgIpc) is 2.20. The maximum Gasteiger partial charge on any atom is 0.303 e. The third-order valence-corrected chi connectivity index (χ3v) is 2.30. The van der Waals surface area contributed by atoms with Gasteiger partial charge in [-0.15, -0.1) is 0 Å². The lowest BCUT2D eigenvalue weighted by molar-refractivity contribution is -0.138. The number of carboxylic acids is 1. The average molecular weight is 244 g/mol. The highest BCUT2D eigenvalue weighted by Crippen LogP contribution is 1.99. The molecule has 100 valence electrons. The normalized spacial score (nSPS) is 12.5. The lowest BCUT2D eigenvalue weighted by atomic mass is 10.1. The Labute approximate surface area is 103 Å². The van der Waals surface area contributed by atoms with Gasteiger partial charge in [0.1, 0.15) is 0 Å². The molecule has 3 N–H and O–H groups in total. The Bertz CT molecular complexity index is 242. The van der Waals surface area contributed by atoms with Gasteiger partial charge in [-0.2, -0.15) is 0 Å². The molecule has 17 heavy (non-hydrogen) atoms. The molecule has 0 saturated carbocycles. The van der Waals surface area contributed by atoms with E-state index in [1.54, 1.807) is 0 Å². The van der Waals surface area contributed by atoms with Crippen LogP contribution in [-0.2, 0) is 9.59 Å². The molecule has 0 aliphatic rings. The van der Waals surface area contributed by atoms with E-state index in [1.807, 2.05) is 6.92 Å². The molecular formula is C12H24N2O3. The topological polar surface area (TPSA) is 78.4 Å². The summed E-state index contributed by atoms with van der Waals surface area (Å²) in [6.07, 6.45) is 1.38. The van der Waals surface area contributed by atoms with Crippen molar-refractivity contribution >= 4 is 11.9 Å². The van der Waals surface area contributed by atoms with Crippen LogP contribution in [0, 0.1) is 5.92 Å². The number of hydrogen-bond donors (Lipinski definition) is 3. The van der Waals surface area contributed by atoms with Crippen LogP contribution in [0.4, 0.5) is 0 Å². The van der Waals surface area contributed by atoms with Crippen molar-refractivity contribution in [3.05, 3.63) is 0 Å². The monoisotopic (exact) mass is 244 g/mol. The highest BCUT2D eigenvalue weighted by molar-refractivity contribution is 5.75. The predicted octanol–water partition coefficient (Wildman–Crippen LogP) is 0.992. The lowest BCUT2D eigenvalue weighted by Gasteiger charge is -2.11. The number of rotatable bonds is 9. The molecule has 0 rings (SSSR count). The molecule has 1 unspecified atom stereocenters. The second kappa shape index (κ2) is 8.98. The summed E-state index contributed by atoms with van der Waals surface area (Å²) in [7, 11) is 0. The number of amides is 1. The first-order valence-corrected chi connectivity index (χ1v) is 6.13. The Hall–Kier alpha value is -1.10. The number of carboxylic acid groups (broad SMARTS) is 1. The van der Waals surface area contributed by atoms with Gasteiger partial charge in [0, 0.05) is 25.4 Å². The van der Waals surface area contributed by atoms with E-state index >= 15 is 0 Å². The van der Waals surface area contributed by atoms with Crippen molar-refractivity contribution in [1.82, 2.24) is 10.6 Å². The molecule has 0 aliphatic heterocycles. The largest absolute Gasteiger partial charge is 0.481 e. The molecule has 0 saturated heterocycles. The van der Waals surface area contributed by atoms with E-state index < -0.39 is 5.97 Å². The summed E-state index contributed by atoms with van der Waals surface area (Å²) in [5.74, 6) is -0.856. The zero-order chi connectivity index (χ0) is 13.3. The zero-order valence-electron chi connectivity index (χ0n) is 11.0. The molecule has 0 aliphatic carbocycles. The first kappa shape index (κ1) is 15.9. The summed E-state index contributed by atoms with van der Waals surface area (Å²) in [6, 6.07) is 0.439. The highest BCUT2D eigenvalue weighted by atomic mass is 16.4. The van der Waals surface area contributed by atoms with E-state index in [0.717, 1.165) is 13.0 Å². The summed E-state index contributed by atoms with van der Waals surface area (Å²) in [4.78, 5) is 21.8. The molecule has 5 nitrogen and oxygen atoms in total. The molecule has 0 aromatic heterocycles. The van der Waals surface area contributed by atoms with Crippen LogP contribution in [0.2, 0.25) is 0 Å². The van der Waals surface area contributed by atoms with Gasteiger partial charge >= 0.3 is 5.97 Å². The number of nitrogens with one attached hydrogen (secondary N) is 2. The Kier molecular flexibility index (Phi) is 8.40. The van der Waals surface area contributed by atoms with E-state index in [-0.39, 0.29) is 18.2 Å². The summed E-state index contributed by atoms with van der Waals surface area (Å²) >= 11 is 0. The maximum absolute atomic E-state index is 11.4. The van der Waals surface area contributed by atoms with Crippen molar-refractivity contribution in [2.24, 2.45) is 5.92 Å². The number of carbonyl (C=O) groups excluding carboxylic acids is 1. The number of carbonyl (C=O) groups is 2. The van der Waals surface area contributed by atoms with Gasteiger partial charge in [-0.25, -0.2) is 0 Å². The van der Waals surface area contributed by atoms with Crippen LogP contribution in [0.15, 0.2) is 0 Å². The standard InChI is InChI=1S/C12H24N2O3/c1-9(2)13-6-4-5-11(15)14-8-10(3)7-12(16)17/h9-10,13H,4-8H2,1-3H3,(H,14,15)(H,16,17). The maximum atomic E-state index is 11.4. The van der Waals surface area contributed by atoms with Crippen LogP contribution in [0.1, 0.15) is 40.0 Å². The lowest BCUT2D eigenvalue weighted by Crippen LogP contribution is -2.30. The molecular weight excluding hydrogens is 220 g/mol. The SMILES string of the molecule is CC(CNC(=O)CCCNC(C)C)CC(=O)O. The molecule has 0 aromatic rings. The highest BCUT2D eigenvalue weighted by Gasteiger charge is 2.09. The van der Waals surface area contributed by atoms with Crippen molar-refractivity contribution < 1.29 is 14.7 Å². The molecule has 1 amide bonds. The summed E-state index contributed by atoms with van der Waals surface area (Å²) in [5, 5.41) is 14.5. The second-order valence-corrected chi connectivity index (χ2v) is 4.72. The second-order valence-electron chi connectivity index (χ2n) is 4.72. The number of hydrogen-bond acceptors (Lipinski definition) is 3. The van der Waals surface area contributed by atoms with Gasteiger partial charge in [-0.1, -0.05) is 20.8 Å². The van der Waals surface area contributed by atoms with Gasteiger partial charge in [-0.05, 0) is 18.9 Å². The summed E-state index contributed by atoms with van der Waals surface area (Å²) in [5.41, 5.74) is 0. The van der Waals surface area contributed by atoms with Gasteiger partial charge in [0.25, 0.3) is 0 Å². The van der Waals surface area contributed by atoms with Gasteiger partial charge in [-0.3, -0.25) is 9.59 Å². The Morgan fingerprint density at radius 3 is 2.41 bits per heavy atom. The van der Waals surface area contributed by atoms with E-state index in [9.17, 15) is 9.59 Å². The molecule has 0 fully saturated rings. The fourth-order valence-electron chi connectivity index (χ4n) is 1.39. The minimum atomic E-state index is -0.826. The first-order valence-electron chi connectivity index (χ1n) is 6.13. The van der Waals surface area contributed by atoms with Crippen LogP contribution in [0.3, 0.4) is 0 Å². The van der Waals surface area contributed by atoms with Crippen LogP contribution >= 0.6 is 0 Å². The third kappa shape index (κ3) is 11.2. The van der Waals surface area contributed by atoms with Crippen molar-refractivity contribution in [2.45, 2.75) is 46.1 Å². The van der Waals surface area contributed by atoms with Gasteiger partial charge in [0.15, 0.2) is 0 Å². The predicted molar refractivity (Wildman–Crippen MR) is 66.8 cm³/mol. The van der Waals surface area contributed by atoms with Crippen LogP contribution in [0.5, 0.6) is 0 Å². The molecule has 0 spiro atoms. The molecule has 5 heteroatoms. The smallest absolute Gasteiger partial charge is 0.303 e. The zero-order valence-corrected chi connectivity index (χ0v) is 11.0. The molecule has 0 radical (unpaired) electrons. The molecule has 0 bridgehead atoms. The minimum Gasteiger partial charge on any atom is -0.481 e. The van der Waals surface area contributed by atoms with Gasteiger partial charge < -0.3 is 15.7 Å². The quantitative estimate of drug-likeness (QED) is 0.529. The van der Waals surface area contributed by atoms with Gasteiger partial charge in [0.05, 0.1) is 0 Å². The Morgan fingerprint density at radius 1 is 1.24 bits per heavy atom. The Morgan fingerprint density at radius 2 is 1.88 bits per heavy atom. The molecule has 1 atom stereocenters. The third-order valence-electron chi connectivity index (χ3n) is 2.30. The van der Waals surface area contributed by atoms with E-state index in [1.165, 1.54) is 0 Å². The van der Waals surface area contributed by atoms with Crippen LogP contribution in [-0.4, -0.2) is 36.1 Å². The fraction of sp³-hybridized carbons (Fsp3) is 0.833. The van der Waals surface area contributed by atoms with Gasteiger partial charge in [0.2, 0.25) is 5.91 Å².